The Morgan fingerprint density at radius 3 is 2.55 bits per heavy atom. The van der Waals surface area contributed by atoms with Gasteiger partial charge >= 0.3 is 179 Å². The number of H-pyrrole nitrogens is 1. The number of hydrogen-bond acceptors (Lipinski definition) is 8. The molecule has 0 bridgehead atoms. The molecule has 1 aromatic heterocycles. The van der Waals surface area contributed by atoms with E-state index in [-0.39, 0.29) is 30.8 Å². The van der Waals surface area contributed by atoms with Crippen LogP contribution in [0.1, 0.15) is 26.5 Å². The van der Waals surface area contributed by atoms with Crippen LogP contribution in [-0.4, -0.2) is 61.4 Å². The third kappa shape index (κ3) is 4.70. The molecular weight excluding hydrogens is 518 g/mol. The van der Waals surface area contributed by atoms with Gasteiger partial charge in [0.05, 0.1) is 0 Å². The minimum absolute atomic E-state index is 0.0509. The number of methoxy groups -OCH3 is 1. The standard InChI is InChI=1S/C17H27IN2O8P/c1-4-26-29(24,27-5-2)15-10(9-18-15)8-11-13(22)14(25-3)16(28-11)20-7-6-12(21)19-17(20)23/h6-7,10-11,13-16,22H,4-5,8-9H2,1-3H3,(H,19,21,23)/q-1/t10-,11-,13?,14?,15+,16-/m1/s1. The van der Waals surface area contributed by atoms with Crippen molar-refractivity contribution in [1.82, 2.24) is 9.55 Å². The molecule has 0 amide bonds. The summed E-state index contributed by atoms with van der Waals surface area (Å²) in [5.74, 6) is 0.0509. The van der Waals surface area contributed by atoms with Crippen LogP contribution in [0.2, 0.25) is 0 Å². The summed E-state index contributed by atoms with van der Waals surface area (Å²) in [5.41, 5.74) is -1.15. The number of nitrogens with zero attached hydrogens (tertiary/aromatic N) is 1. The van der Waals surface area contributed by atoms with E-state index in [2.05, 4.69) is 4.98 Å². The second kappa shape index (κ2) is 9.71. The Morgan fingerprint density at radius 1 is 1.34 bits per heavy atom. The molecule has 0 radical (unpaired) electrons. The van der Waals surface area contributed by atoms with Gasteiger partial charge in [-0.15, -0.1) is 0 Å². The number of halogens is 1. The van der Waals surface area contributed by atoms with Gasteiger partial charge in [-0.3, -0.25) is 0 Å². The van der Waals surface area contributed by atoms with Crippen molar-refractivity contribution in [2.24, 2.45) is 5.92 Å². The fourth-order valence-corrected chi connectivity index (χ4v) is 11.4. The zero-order valence-electron chi connectivity index (χ0n) is 16.5. The fourth-order valence-electron chi connectivity index (χ4n) is 3.67. The number of aliphatic hydroxyl groups is 1. The molecule has 29 heavy (non-hydrogen) atoms. The fraction of sp³-hybridized carbons (Fsp3) is 0.765. The second-order valence-electron chi connectivity index (χ2n) is 6.83. The second-order valence-corrected chi connectivity index (χ2v) is 13.1. The van der Waals surface area contributed by atoms with Crippen molar-refractivity contribution in [3.8, 4) is 0 Å². The van der Waals surface area contributed by atoms with E-state index in [9.17, 15) is 19.3 Å². The summed E-state index contributed by atoms with van der Waals surface area (Å²) in [4.78, 5) is 25.6. The van der Waals surface area contributed by atoms with E-state index in [1.165, 1.54) is 23.9 Å². The van der Waals surface area contributed by atoms with Crippen LogP contribution in [0.25, 0.3) is 0 Å². The van der Waals surface area contributed by atoms with Crippen LogP contribution in [0.4, 0.5) is 0 Å². The number of aliphatic hydroxyl groups excluding tert-OH is 1. The van der Waals surface area contributed by atoms with E-state index in [0.717, 1.165) is 4.43 Å². The molecule has 12 heteroatoms. The maximum absolute atomic E-state index is 13.1. The summed E-state index contributed by atoms with van der Waals surface area (Å²) in [6, 6.07) is 1.21. The molecule has 2 aliphatic heterocycles. The number of alkyl halides is 2. The Labute approximate surface area is 178 Å². The van der Waals surface area contributed by atoms with Crippen molar-refractivity contribution < 1.29 is 49.4 Å². The number of nitrogens with one attached hydrogen (secondary N) is 1. The molecule has 0 aromatic carbocycles. The molecule has 0 aliphatic carbocycles. The predicted molar refractivity (Wildman–Crippen MR) is 99.7 cm³/mol. The molecule has 6 atom stereocenters. The molecule has 2 aliphatic rings. The van der Waals surface area contributed by atoms with Crippen LogP contribution in [0.3, 0.4) is 0 Å². The Hall–Kier alpha value is -0.560. The molecule has 166 valence electrons. The number of ether oxygens (including phenoxy) is 2. The normalized spacial score (nSPS) is 32.6. The Bertz CT molecular complexity index is 850. The molecule has 2 N–H and O–H groups in total. The Kier molecular flexibility index (Phi) is 7.74. The molecule has 10 nitrogen and oxygen atoms in total. The van der Waals surface area contributed by atoms with Crippen LogP contribution in [0, 0.1) is 5.92 Å². The average Bonchev–Trinajstić information content (AvgIpc) is 2.94. The van der Waals surface area contributed by atoms with Crippen molar-refractivity contribution in [1.29, 1.82) is 0 Å². The first-order chi connectivity index (χ1) is 13.8. The monoisotopic (exact) mass is 545 g/mol. The van der Waals surface area contributed by atoms with Gasteiger partial charge in [0, 0.05) is 0 Å². The Balaban J connectivity index is 1.75. The van der Waals surface area contributed by atoms with E-state index >= 15 is 0 Å². The number of aromatic amines is 1. The average molecular weight is 545 g/mol. The van der Waals surface area contributed by atoms with E-state index in [0.29, 0.717) is 19.6 Å². The molecular formula is C17H27IN2O8P-. The quantitative estimate of drug-likeness (QED) is 0.198. The van der Waals surface area contributed by atoms with Gasteiger partial charge < -0.3 is 0 Å². The van der Waals surface area contributed by atoms with Gasteiger partial charge in [-0.25, -0.2) is 0 Å². The minimum atomic E-state index is -3.18. The first kappa shape index (κ1) is 23.1. The van der Waals surface area contributed by atoms with Gasteiger partial charge in [-0.05, 0) is 0 Å². The third-order valence-corrected chi connectivity index (χ3v) is 13.8. The summed E-state index contributed by atoms with van der Waals surface area (Å²) in [5, 5.41) is 10.7. The summed E-state index contributed by atoms with van der Waals surface area (Å²) < 4.78 is 37.5. The summed E-state index contributed by atoms with van der Waals surface area (Å²) >= 11 is -0.323. The third-order valence-electron chi connectivity index (χ3n) is 5.00. The van der Waals surface area contributed by atoms with Gasteiger partial charge in [0.15, 0.2) is 0 Å². The van der Waals surface area contributed by atoms with Crippen LogP contribution >= 0.6 is 7.60 Å². The summed E-state index contributed by atoms with van der Waals surface area (Å²) in [6.07, 6.45) is -1.43. The van der Waals surface area contributed by atoms with E-state index in [4.69, 9.17) is 18.5 Å². The topological polar surface area (TPSA) is 129 Å². The van der Waals surface area contributed by atoms with Crippen LogP contribution < -0.4 is 32.5 Å². The number of hydrogen-bond donors (Lipinski definition) is 2. The molecule has 1 aromatic rings. The zero-order valence-corrected chi connectivity index (χ0v) is 19.6. The van der Waals surface area contributed by atoms with Gasteiger partial charge in [-0.1, -0.05) is 0 Å². The van der Waals surface area contributed by atoms with Crippen molar-refractivity contribution in [3.05, 3.63) is 33.1 Å². The van der Waals surface area contributed by atoms with Crippen LogP contribution in [-0.2, 0) is 23.1 Å². The van der Waals surface area contributed by atoms with Crippen molar-refractivity contribution >= 4 is 7.60 Å². The van der Waals surface area contributed by atoms with Gasteiger partial charge in [0.2, 0.25) is 0 Å². The molecule has 0 saturated carbocycles. The molecule has 0 spiro atoms. The molecule has 3 rings (SSSR count). The number of aromatic nitrogens is 2. The SMILES string of the molecule is CCOP(=O)(OCC)[C@@H]1[I-]C[C@H]1C[C@H]1O[C@@H](n2ccc(=O)[nH]c2=O)C(OC)C1O. The van der Waals surface area contributed by atoms with Crippen molar-refractivity contribution in [3.63, 3.8) is 0 Å². The maximum atomic E-state index is 13.1. The zero-order chi connectivity index (χ0) is 21.2. The molecule has 2 unspecified atom stereocenters. The molecule has 2 saturated heterocycles. The van der Waals surface area contributed by atoms with Crippen molar-refractivity contribution in [2.45, 2.75) is 48.5 Å². The van der Waals surface area contributed by atoms with E-state index < -0.39 is 43.4 Å². The molecule has 2 fully saturated rings. The van der Waals surface area contributed by atoms with Crippen LogP contribution in [0.15, 0.2) is 21.9 Å². The first-order valence-electron chi connectivity index (χ1n) is 9.48. The predicted octanol–water partition coefficient (Wildman–Crippen LogP) is -2.49. The first-order valence-corrected chi connectivity index (χ1v) is 13.9. The Morgan fingerprint density at radius 2 is 2.03 bits per heavy atom. The summed E-state index contributed by atoms with van der Waals surface area (Å²) in [6.45, 7) is 4.21. The molecule has 3 heterocycles. The summed E-state index contributed by atoms with van der Waals surface area (Å²) in [7, 11) is -1.75. The van der Waals surface area contributed by atoms with Gasteiger partial charge in [0.1, 0.15) is 0 Å². The van der Waals surface area contributed by atoms with Crippen molar-refractivity contribution in [2.75, 3.05) is 24.8 Å². The van der Waals surface area contributed by atoms with E-state index in [1.807, 2.05) is 0 Å². The van der Waals surface area contributed by atoms with E-state index in [1.54, 1.807) is 13.8 Å². The van der Waals surface area contributed by atoms with Gasteiger partial charge in [0.25, 0.3) is 0 Å². The van der Waals surface area contributed by atoms with Crippen LogP contribution in [0.5, 0.6) is 0 Å². The number of rotatable bonds is 9. The van der Waals surface area contributed by atoms with Gasteiger partial charge in [-0.2, -0.15) is 0 Å².